The van der Waals surface area contributed by atoms with Gasteiger partial charge in [-0.15, -0.1) is 0 Å². The Bertz CT molecular complexity index is 1910. The Morgan fingerprint density at radius 1 is 0.952 bits per heavy atom. The zero-order valence-corrected chi connectivity index (χ0v) is 22.6. The van der Waals surface area contributed by atoms with Crippen LogP contribution in [0.5, 0.6) is 0 Å². The lowest BCUT2D eigenvalue weighted by molar-refractivity contribution is 0.103. The van der Waals surface area contributed by atoms with Gasteiger partial charge in [-0.05, 0) is 42.8 Å². The Morgan fingerprint density at radius 2 is 1.67 bits per heavy atom. The van der Waals surface area contributed by atoms with Gasteiger partial charge in [0.15, 0.2) is 5.82 Å². The number of aromatic nitrogens is 4. The van der Waals surface area contributed by atoms with E-state index >= 15 is 4.39 Å². The molecule has 0 aliphatic carbocycles. The van der Waals surface area contributed by atoms with E-state index in [1.165, 1.54) is 12.4 Å². The fourth-order valence-corrected chi connectivity index (χ4v) is 5.36. The number of hydrogen-bond donors (Lipinski definition) is 2. The highest BCUT2D eigenvalue weighted by molar-refractivity contribution is 7.92. The van der Waals surface area contributed by atoms with Gasteiger partial charge in [0.1, 0.15) is 33.8 Å². The van der Waals surface area contributed by atoms with Gasteiger partial charge in [0.05, 0.1) is 11.3 Å². The number of H-pyrrole nitrogens is 1. The molecule has 0 unspecified atom stereocenters. The van der Waals surface area contributed by atoms with Crippen LogP contribution in [0.3, 0.4) is 0 Å². The number of nitrogens with zero attached hydrogens (tertiary/aromatic N) is 3. The molecule has 0 fully saturated rings. The molecule has 2 N–H and O–H groups in total. The maximum atomic E-state index is 15.5. The van der Waals surface area contributed by atoms with Crippen molar-refractivity contribution in [3.05, 3.63) is 101 Å². The molecule has 0 saturated heterocycles. The maximum Gasteiger partial charge on any atom is 0.265 e. The van der Waals surface area contributed by atoms with E-state index in [0.717, 1.165) is 12.5 Å². The van der Waals surface area contributed by atoms with Gasteiger partial charge < -0.3 is 9.72 Å². The molecule has 42 heavy (non-hydrogen) atoms. The molecule has 0 amide bonds. The van der Waals surface area contributed by atoms with Gasteiger partial charge in [-0.3, -0.25) is 9.52 Å². The molecule has 0 radical (unpaired) electrons. The summed E-state index contributed by atoms with van der Waals surface area (Å²) in [6.07, 6.45) is 7.27. The Morgan fingerprint density at radius 3 is 2.40 bits per heavy atom. The summed E-state index contributed by atoms with van der Waals surface area (Å²) < 4.78 is 90.1. The van der Waals surface area contributed by atoms with E-state index in [-0.39, 0.29) is 16.6 Å². The number of fused-ring (bicyclic) bond motifs is 1. The van der Waals surface area contributed by atoms with Crippen LogP contribution in [0.2, 0.25) is 0 Å². The Hall–Kier alpha value is -4.69. The largest absolute Gasteiger partial charge is 0.385 e. The number of rotatable bonds is 10. The third-order valence-corrected chi connectivity index (χ3v) is 7.69. The van der Waals surface area contributed by atoms with E-state index < -0.39 is 55.2 Å². The number of ether oxygens (including phenoxy) is 1. The number of halogens is 4. The average molecular weight is 600 g/mol. The normalized spacial score (nSPS) is 11.6. The van der Waals surface area contributed by atoms with Crippen LogP contribution in [0, 0.1) is 23.3 Å². The summed E-state index contributed by atoms with van der Waals surface area (Å²) in [5.41, 5.74) is -0.698. The lowest BCUT2D eigenvalue weighted by atomic mass is 10.0. The number of aromatic amines is 1. The quantitative estimate of drug-likeness (QED) is 0.129. The molecular weight excluding hydrogens is 578 g/mol. The van der Waals surface area contributed by atoms with Crippen molar-refractivity contribution in [3.63, 3.8) is 0 Å². The van der Waals surface area contributed by atoms with Crippen LogP contribution >= 0.6 is 0 Å². The van der Waals surface area contributed by atoms with Crippen molar-refractivity contribution in [1.29, 1.82) is 0 Å². The first-order valence-corrected chi connectivity index (χ1v) is 13.9. The molecule has 0 spiro atoms. The summed E-state index contributed by atoms with van der Waals surface area (Å²) in [4.78, 5) is 28.0. The third kappa shape index (κ3) is 5.71. The lowest BCUT2D eigenvalue weighted by Gasteiger charge is -2.12. The number of sulfonamides is 1. The van der Waals surface area contributed by atoms with Gasteiger partial charge in [-0.25, -0.2) is 40.9 Å². The monoisotopic (exact) mass is 599 g/mol. The van der Waals surface area contributed by atoms with Crippen molar-refractivity contribution in [2.75, 3.05) is 18.4 Å². The van der Waals surface area contributed by atoms with Gasteiger partial charge in [-0.1, -0.05) is 0 Å². The van der Waals surface area contributed by atoms with Gasteiger partial charge in [0.25, 0.3) is 10.0 Å². The fourth-order valence-electron chi connectivity index (χ4n) is 4.21. The number of pyridine rings is 1. The molecular formula is C28H21F4N5O4S. The first-order valence-electron chi connectivity index (χ1n) is 12.4. The number of anilines is 1. The highest BCUT2D eigenvalue weighted by atomic mass is 32.2. The van der Waals surface area contributed by atoms with Crippen LogP contribution in [-0.4, -0.2) is 47.9 Å². The van der Waals surface area contributed by atoms with Crippen LogP contribution in [0.1, 0.15) is 28.2 Å². The first-order chi connectivity index (χ1) is 20.1. The minimum absolute atomic E-state index is 0.148. The predicted octanol–water partition coefficient (Wildman–Crippen LogP) is 5.19. The van der Waals surface area contributed by atoms with Crippen molar-refractivity contribution in [1.82, 2.24) is 19.9 Å². The van der Waals surface area contributed by atoms with Crippen molar-refractivity contribution in [3.8, 4) is 11.1 Å². The smallest absolute Gasteiger partial charge is 0.265 e. The number of methoxy groups -OCH3 is 1. The van der Waals surface area contributed by atoms with E-state index in [4.69, 9.17) is 4.74 Å². The molecule has 0 atom stereocenters. The number of carbonyl (C=O) groups excluding carboxylic acids is 1. The van der Waals surface area contributed by atoms with Crippen molar-refractivity contribution < 1.29 is 35.5 Å². The van der Waals surface area contributed by atoms with Gasteiger partial charge in [0.2, 0.25) is 5.78 Å². The standard InChI is InChI=1S/C28H21F4N5O4S/c1-41-8-2-3-24-33-12-16(13-34-24)15-9-18-19(14-36-28(18)35-11-15)27(38)25-21(31)6-7-22(26(25)32)37-42(39,40)23-10-17(29)4-5-20(23)30/h4-7,9-14,37H,2-3,8H2,1H3,(H,35,36). The van der Waals surface area contributed by atoms with Crippen LogP contribution in [0.25, 0.3) is 22.2 Å². The molecule has 3 heterocycles. The number of ketones is 1. The van der Waals surface area contributed by atoms with Gasteiger partial charge in [0, 0.05) is 67.0 Å². The minimum atomic E-state index is -4.85. The topological polar surface area (TPSA) is 127 Å². The van der Waals surface area contributed by atoms with E-state index in [2.05, 4.69) is 19.9 Å². The van der Waals surface area contributed by atoms with Crippen LogP contribution < -0.4 is 4.72 Å². The SMILES string of the molecule is COCCCc1ncc(-c2cnc3[nH]cc(C(=O)c4c(F)ccc(NS(=O)(=O)c5cc(F)ccc5F)c4F)c3c2)cn1. The molecule has 14 heteroatoms. The van der Waals surface area contributed by atoms with Crippen molar-refractivity contribution in [2.45, 2.75) is 17.7 Å². The highest BCUT2D eigenvalue weighted by Crippen LogP contribution is 2.30. The second kappa shape index (κ2) is 11.7. The van der Waals surface area contributed by atoms with Crippen LogP contribution in [0.15, 0.2) is 66.1 Å². The minimum Gasteiger partial charge on any atom is -0.385 e. The second-order valence-electron chi connectivity index (χ2n) is 9.10. The van der Waals surface area contributed by atoms with E-state index in [0.29, 0.717) is 54.2 Å². The van der Waals surface area contributed by atoms with Gasteiger partial charge >= 0.3 is 0 Å². The summed E-state index contributed by atoms with van der Waals surface area (Å²) >= 11 is 0. The fraction of sp³-hybridized carbons (Fsp3) is 0.143. The summed E-state index contributed by atoms with van der Waals surface area (Å²) in [6, 6.07) is 4.68. The summed E-state index contributed by atoms with van der Waals surface area (Å²) in [7, 11) is -3.25. The Labute approximate surface area is 236 Å². The Balaban J connectivity index is 1.48. The number of hydrogen-bond acceptors (Lipinski definition) is 7. The lowest BCUT2D eigenvalue weighted by Crippen LogP contribution is -2.17. The highest BCUT2D eigenvalue weighted by Gasteiger charge is 2.28. The van der Waals surface area contributed by atoms with Crippen molar-refractivity contribution in [2.24, 2.45) is 0 Å². The van der Waals surface area contributed by atoms with Gasteiger partial charge in [-0.2, -0.15) is 0 Å². The second-order valence-corrected chi connectivity index (χ2v) is 10.8. The summed E-state index contributed by atoms with van der Waals surface area (Å²) in [5, 5.41) is 0.230. The molecule has 9 nitrogen and oxygen atoms in total. The molecule has 0 aliphatic rings. The zero-order valence-electron chi connectivity index (χ0n) is 21.8. The predicted molar refractivity (Wildman–Crippen MR) is 144 cm³/mol. The van der Waals surface area contributed by atoms with E-state index in [9.17, 15) is 26.4 Å². The zero-order chi connectivity index (χ0) is 30.0. The number of nitrogens with one attached hydrogen (secondary N) is 2. The van der Waals surface area contributed by atoms with E-state index in [1.54, 1.807) is 30.3 Å². The van der Waals surface area contributed by atoms with E-state index in [1.807, 2.05) is 0 Å². The first kappa shape index (κ1) is 28.8. The molecule has 216 valence electrons. The van der Waals surface area contributed by atoms with Crippen LogP contribution in [-0.2, 0) is 21.2 Å². The molecule has 0 aliphatic heterocycles. The molecule has 5 rings (SSSR count). The Kier molecular flexibility index (Phi) is 8.00. The average Bonchev–Trinajstić information content (AvgIpc) is 3.40. The van der Waals surface area contributed by atoms with Crippen molar-refractivity contribution >= 4 is 32.5 Å². The molecule has 0 saturated carbocycles. The molecule has 5 aromatic rings. The van der Waals surface area contributed by atoms with Crippen LogP contribution in [0.4, 0.5) is 23.2 Å². The summed E-state index contributed by atoms with van der Waals surface area (Å²) in [5.74, 6) is -5.66. The number of aryl methyl sites for hydroxylation is 1. The third-order valence-electron chi connectivity index (χ3n) is 6.31. The number of benzene rings is 2. The number of carbonyl (C=O) groups is 1. The molecule has 0 bridgehead atoms. The molecule has 3 aromatic heterocycles. The molecule has 2 aromatic carbocycles. The maximum absolute atomic E-state index is 15.5. The summed E-state index contributed by atoms with van der Waals surface area (Å²) in [6.45, 7) is 0.567.